The van der Waals surface area contributed by atoms with Gasteiger partial charge < -0.3 is 10.1 Å². The molecule has 1 N–H and O–H groups in total. The molecule has 1 aliphatic rings. The van der Waals surface area contributed by atoms with E-state index < -0.39 is 0 Å². The van der Waals surface area contributed by atoms with Gasteiger partial charge in [-0.1, -0.05) is 6.92 Å². The first-order valence-electron chi connectivity index (χ1n) is 6.84. The van der Waals surface area contributed by atoms with Crippen molar-refractivity contribution >= 4 is 23.1 Å². The van der Waals surface area contributed by atoms with Gasteiger partial charge in [-0.15, -0.1) is 0 Å². The standard InChI is InChI=1S/C14H23NOS2/c1-2-6-15-13(14-11-18-9-7-16-14)4-3-12-5-8-17-10-12/h5,8,10,13-15H,2-4,6-7,9,11H2,1H3. The summed E-state index contributed by atoms with van der Waals surface area (Å²) >= 11 is 3.81. The Morgan fingerprint density at radius 3 is 3.17 bits per heavy atom. The zero-order valence-electron chi connectivity index (χ0n) is 11.1. The minimum absolute atomic E-state index is 0.397. The van der Waals surface area contributed by atoms with Crippen LogP contribution in [0.25, 0.3) is 0 Å². The minimum Gasteiger partial charge on any atom is -0.375 e. The van der Waals surface area contributed by atoms with Crippen molar-refractivity contribution in [1.82, 2.24) is 5.32 Å². The highest BCUT2D eigenvalue weighted by atomic mass is 32.2. The Morgan fingerprint density at radius 2 is 2.50 bits per heavy atom. The van der Waals surface area contributed by atoms with Crippen LogP contribution < -0.4 is 5.32 Å². The molecule has 0 aromatic carbocycles. The van der Waals surface area contributed by atoms with Crippen molar-refractivity contribution in [3.8, 4) is 0 Å². The van der Waals surface area contributed by atoms with Crippen molar-refractivity contribution in [2.75, 3.05) is 24.7 Å². The van der Waals surface area contributed by atoms with E-state index in [2.05, 4.69) is 29.1 Å². The number of nitrogens with one attached hydrogen (secondary N) is 1. The molecule has 1 saturated heterocycles. The Hall–Kier alpha value is -0.0300. The van der Waals surface area contributed by atoms with Crippen molar-refractivity contribution in [2.45, 2.75) is 38.3 Å². The number of hydrogen-bond acceptors (Lipinski definition) is 4. The Morgan fingerprint density at radius 1 is 1.56 bits per heavy atom. The van der Waals surface area contributed by atoms with E-state index in [9.17, 15) is 0 Å². The molecule has 4 heteroatoms. The average molecular weight is 285 g/mol. The van der Waals surface area contributed by atoms with Crippen molar-refractivity contribution in [1.29, 1.82) is 0 Å². The van der Waals surface area contributed by atoms with E-state index >= 15 is 0 Å². The van der Waals surface area contributed by atoms with Crippen LogP contribution >= 0.6 is 23.1 Å². The highest BCUT2D eigenvalue weighted by Crippen LogP contribution is 2.19. The van der Waals surface area contributed by atoms with Gasteiger partial charge in [0.1, 0.15) is 0 Å². The Balaban J connectivity index is 1.83. The van der Waals surface area contributed by atoms with Crippen LogP contribution in [0.1, 0.15) is 25.3 Å². The molecule has 102 valence electrons. The summed E-state index contributed by atoms with van der Waals surface area (Å²) < 4.78 is 5.93. The molecule has 18 heavy (non-hydrogen) atoms. The molecular formula is C14H23NOS2. The van der Waals surface area contributed by atoms with Crippen LogP contribution in [0.4, 0.5) is 0 Å². The second kappa shape index (κ2) is 8.20. The molecule has 0 amide bonds. The summed E-state index contributed by atoms with van der Waals surface area (Å²) in [6.07, 6.45) is 3.93. The fourth-order valence-corrected chi connectivity index (χ4v) is 3.89. The van der Waals surface area contributed by atoms with Crippen LogP contribution in [0.15, 0.2) is 16.8 Å². The first-order valence-corrected chi connectivity index (χ1v) is 8.93. The van der Waals surface area contributed by atoms with Crippen LogP contribution in [-0.4, -0.2) is 36.8 Å². The lowest BCUT2D eigenvalue weighted by atomic mass is 10.0. The maximum atomic E-state index is 5.93. The molecule has 1 aliphatic heterocycles. The van der Waals surface area contributed by atoms with Gasteiger partial charge in [-0.25, -0.2) is 0 Å². The molecule has 1 aromatic heterocycles. The van der Waals surface area contributed by atoms with E-state index in [0.717, 1.165) is 31.1 Å². The molecule has 0 saturated carbocycles. The Kier molecular flexibility index (Phi) is 6.55. The zero-order chi connectivity index (χ0) is 12.6. The third-order valence-electron chi connectivity index (χ3n) is 3.27. The quantitative estimate of drug-likeness (QED) is 0.831. The summed E-state index contributed by atoms with van der Waals surface area (Å²) in [6.45, 7) is 4.23. The van der Waals surface area contributed by atoms with Crippen LogP contribution in [0.2, 0.25) is 0 Å². The second-order valence-corrected chi connectivity index (χ2v) is 6.64. The van der Waals surface area contributed by atoms with Crippen molar-refractivity contribution in [2.24, 2.45) is 0 Å². The minimum atomic E-state index is 0.397. The van der Waals surface area contributed by atoms with Gasteiger partial charge in [-0.3, -0.25) is 0 Å². The van der Waals surface area contributed by atoms with Crippen molar-refractivity contribution in [3.05, 3.63) is 22.4 Å². The van der Waals surface area contributed by atoms with Crippen LogP contribution in [0.5, 0.6) is 0 Å². The number of hydrogen-bond donors (Lipinski definition) is 1. The topological polar surface area (TPSA) is 21.3 Å². The van der Waals surface area contributed by atoms with Gasteiger partial charge in [0.25, 0.3) is 0 Å². The molecule has 1 aromatic rings. The second-order valence-electron chi connectivity index (χ2n) is 4.72. The number of thioether (sulfide) groups is 1. The molecule has 0 bridgehead atoms. The SMILES string of the molecule is CCCNC(CCc1ccsc1)C1CSCCO1. The van der Waals surface area contributed by atoms with Gasteiger partial charge >= 0.3 is 0 Å². The molecule has 2 unspecified atom stereocenters. The summed E-state index contributed by atoms with van der Waals surface area (Å²) in [7, 11) is 0. The van der Waals surface area contributed by atoms with Gasteiger partial charge in [0, 0.05) is 17.5 Å². The number of rotatable bonds is 7. The normalized spacial score (nSPS) is 21.9. The summed E-state index contributed by atoms with van der Waals surface area (Å²) in [5.41, 5.74) is 1.46. The highest BCUT2D eigenvalue weighted by Gasteiger charge is 2.24. The van der Waals surface area contributed by atoms with Crippen LogP contribution in [0.3, 0.4) is 0 Å². The van der Waals surface area contributed by atoms with E-state index in [1.165, 1.54) is 18.4 Å². The molecule has 1 fully saturated rings. The summed E-state index contributed by atoms with van der Waals surface area (Å²) in [6, 6.07) is 2.75. The van der Waals surface area contributed by atoms with E-state index in [1.54, 1.807) is 11.3 Å². The lowest BCUT2D eigenvalue weighted by Crippen LogP contribution is -2.45. The summed E-state index contributed by atoms with van der Waals surface area (Å²) in [4.78, 5) is 0. The molecule has 2 heterocycles. The molecule has 2 rings (SSSR count). The van der Waals surface area contributed by atoms with Crippen LogP contribution in [-0.2, 0) is 11.2 Å². The number of aryl methyl sites for hydroxylation is 1. The largest absolute Gasteiger partial charge is 0.375 e. The molecule has 0 radical (unpaired) electrons. The molecule has 2 atom stereocenters. The number of ether oxygens (including phenoxy) is 1. The predicted octanol–water partition coefficient (Wildman–Crippen LogP) is 3.18. The van der Waals surface area contributed by atoms with Crippen molar-refractivity contribution < 1.29 is 4.74 Å². The monoisotopic (exact) mass is 285 g/mol. The van der Waals surface area contributed by atoms with E-state index in [1.807, 2.05) is 11.8 Å². The lowest BCUT2D eigenvalue weighted by molar-refractivity contribution is 0.0449. The smallest absolute Gasteiger partial charge is 0.0818 e. The molecule has 0 spiro atoms. The number of thiophene rings is 1. The third-order valence-corrected chi connectivity index (χ3v) is 5.02. The fourth-order valence-electron chi connectivity index (χ4n) is 2.24. The van der Waals surface area contributed by atoms with Gasteiger partial charge in [-0.2, -0.15) is 23.1 Å². The third kappa shape index (κ3) is 4.57. The maximum Gasteiger partial charge on any atom is 0.0818 e. The average Bonchev–Trinajstić information content (AvgIpc) is 2.93. The zero-order valence-corrected chi connectivity index (χ0v) is 12.7. The summed E-state index contributed by atoms with van der Waals surface area (Å²) in [5.74, 6) is 2.30. The maximum absolute atomic E-state index is 5.93. The first kappa shape index (κ1) is 14.4. The Labute approximate surface area is 119 Å². The van der Waals surface area contributed by atoms with Gasteiger partial charge in [-0.05, 0) is 48.2 Å². The highest BCUT2D eigenvalue weighted by molar-refractivity contribution is 7.99. The molecule has 0 aliphatic carbocycles. The molecular weight excluding hydrogens is 262 g/mol. The van der Waals surface area contributed by atoms with E-state index in [0.29, 0.717) is 12.1 Å². The van der Waals surface area contributed by atoms with Gasteiger partial charge in [0.05, 0.1) is 12.7 Å². The van der Waals surface area contributed by atoms with Gasteiger partial charge in [0.2, 0.25) is 0 Å². The fraction of sp³-hybridized carbons (Fsp3) is 0.714. The van der Waals surface area contributed by atoms with Crippen LogP contribution in [0, 0.1) is 0 Å². The first-order chi connectivity index (χ1) is 8.90. The van der Waals surface area contributed by atoms with E-state index in [-0.39, 0.29) is 0 Å². The molecule has 2 nitrogen and oxygen atoms in total. The predicted molar refractivity (Wildman–Crippen MR) is 81.8 cm³/mol. The van der Waals surface area contributed by atoms with Gasteiger partial charge in [0.15, 0.2) is 0 Å². The summed E-state index contributed by atoms with van der Waals surface area (Å²) in [5, 5.41) is 8.09. The Bertz CT molecular complexity index is 310. The van der Waals surface area contributed by atoms with E-state index in [4.69, 9.17) is 4.74 Å². The van der Waals surface area contributed by atoms with Crippen molar-refractivity contribution in [3.63, 3.8) is 0 Å². The lowest BCUT2D eigenvalue weighted by Gasteiger charge is -2.31.